The lowest BCUT2D eigenvalue weighted by atomic mass is 10.2. The first-order valence-corrected chi connectivity index (χ1v) is 7.92. The summed E-state index contributed by atoms with van der Waals surface area (Å²) >= 11 is 0. The number of hydrogen-bond donors (Lipinski definition) is 1. The summed E-state index contributed by atoms with van der Waals surface area (Å²) in [5, 5.41) is 0. The molecule has 4 heteroatoms. The van der Waals surface area contributed by atoms with Gasteiger partial charge in [0.1, 0.15) is 0 Å². The van der Waals surface area contributed by atoms with Crippen LogP contribution in [0.4, 0.5) is 0 Å². The van der Waals surface area contributed by atoms with E-state index in [0.717, 1.165) is 25.9 Å². The Hall–Kier alpha value is -0.970. The molecule has 0 atom stereocenters. The van der Waals surface area contributed by atoms with Gasteiger partial charge in [0.2, 0.25) is 0 Å². The minimum absolute atomic E-state index is 0.824. The van der Waals surface area contributed by atoms with E-state index in [-0.39, 0.29) is 0 Å². The third-order valence-corrected chi connectivity index (χ3v) is 4.05. The summed E-state index contributed by atoms with van der Waals surface area (Å²) in [7, 11) is 0. The van der Waals surface area contributed by atoms with Crippen LogP contribution in [-0.4, -0.2) is 60.6 Å². The highest BCUT2D eigenvalue weighted by Crippen LogP contribution is 2.06. The molecule has 1 fully saturated rings. The lowest BCUT2D eigenvalue weighted by Crippen LogP contribution is -2.32. The first-order chi connectivity index (χ1) is 9.88. The van der Waals surface area contributed by atoms with E-state index < -0.39 is 0 Å². The van der Waals surface area contributed by atoms with Gasteiger partial charge in [0, 0.05) is 32.0 Å². The first-order valence-electron chi connectivity index (χ1n) is 7.92. The van der Waals surface area contributed by atoms with Gasteiger partial charge < -0.3 is 15.5 Å². The maximum Gasteiger partial charge on any atom is 0.0300 e. The normalized spacial score (nSPS) is 18.1. The lowest BCUT2D eigenvalue weighted by molar-refractivity contribution is 0.255. The molecule has 4 nitrogen and oxygen atoms in total. The van der Waals surface area contributed by atoms with Crippen LogP contribution >= 0.6 is 0 Å². The molecule has 0 unspecified atom stereocenters. The van der Waals surface area contributed by atoms with Gasteiger partial charge in [-0.15, -0.1) is 0 Å². The Morgan fingerprint density at radius 3 is 2.55 bits per heavy atom. The van der Waals surface area contributed by atoms with Gasteiger partial charge in [-0.3, -0.25) is 4.98 Å². The minimum atomic E-state index is 0.824. The monoisotopic (exact) mass is 276 g/mol. The Kier molecular flexibility index (Phi) is 6.98. The second-order valence-corrected chi connectivity index (χ2v) is 5.64. The van der Waals surface area contributed by atoms with Crippen molar-refractivity contribution in [2.75, 3.05) is 45.8 Å². The summed E-state index contributed by atoms with van der Waals surface area (Å²) in [6.07, 6.45) is 8.62. The molecule has 0 bridgehead atoms. The van der Waals surface area contributed by atoms with E-state index >= 15 is 0 Å². The fraction of sp³-hybridized carbons (Fsp3) is 0.688. The summed E-state index contributed by atoms with van der Waals surface area (Å²) < 4.78 is 0. The third-order valence-electron chi connectivity index (χ3n) is 4.05. The Bertz CT molecular complexity index is 355. The molecule has 1 aliphatic rings. The predicted octanol–water partition coefficient (Wildman–Crippen LogP) is 1.37. The van der Waals surface area contributed by atoms with Crippen molar-refractivity contribution in [2.45, 2.75) is 25.7 Å². The van der Waals surface area contributed by atoms with E-state index in [0.29, 0.717) is 0 Å². The largest absolute Gasteiger partial charge is 0.330 e. The average Bonchev–Trinajstić information content (AvgIpc) is 2.72. The zero-order valence-electron chi connectivity index (χ0n) is 12.5. The Balaban J connectivity index is 1.67. The average molecular weight is 276 g/mol. The highest BCUT2D eigenvalue weighted by molar-refractivity contribution is 5.08. The van der Waals surface area contributed by atoms with E-state index in [2.05, 4.69) is 20.9 Å². The Labute approximate surface area is 123 Å². The number of rotatable bonds is 7. The molecular formula is C16H28N4. The highest BCUT2D eigenvalue weighted by atomic mass is 15.2. The van der Waals surface area contributed by atoms with Gasteiger partial charge in [-0.05, 0) is 63.5 Å². The summed E-state index contributed by atoms with van der Waals surface area (Å²) in [5.41, 5.74) is 6.90. The quantitative estimate of drug-likeness (QED) is 0.764. The van der Waals surface area contributed by atoms with Gasteiger partial charge in [0.15, 0.2) is 0 Å². The second-order valence-electron chi connectivity index (χ2n) is 5.64. The number of nitrogens with two attached hydrogens (primary N) is 1. The van der Waals surface area contributed by atoms with Crippen molar-refractivity contribution in [2.24, 2.45) is 5.73 Å². The number of aromatic nitrogens is 1. The highest BCUT2D eigenvalue weighted by Gasteiger charge is 2.14. The molecule has 1 aromatic rings. The van der Waals surface area contributed by atoms with E-state index in [1.54, 1.807) is 0 Å². The van der Waals surface area contributed by atoms with Gasteiger partial charge in [-0.25, -0.2) is 0 Å². The van der Waals surface area contributed by atoms with Crippen LogP contribution in [0.25, 0.3) is 0 Å². The van der Waals surface area contributed by atoms with Crippen molar-refractivity contribution in [3.8, 4) is 0 Å². The first kappa shape index (κ1) is 15.4. The molecule has 1 aromatic heterocycles. The zero-order chi connectivity index (χ0) is 14.0. The topological polar surface area (TPSA) is 45.4 Å². The molecule has 0 saturated carbocycles. The van der Waals surface area contributed by atoms with Crippen molar-refractivity contribution in [3.05, 3.63) is 30.1 Å². The molecule has 2 N–H and O–H groups in total. The second kappa shape index (κ2) is 9.06. The molecule has 0 aromatic carbocycles. The van der Waals surface area contributed by atoms with Crippen molar-refractivity contribution in [1.29, 1.82) is 0 Å². The standard InChI is InChI=1S/C16H28N4/c17-7-1-2-9-19-10-4-11-20(14-13-19)12-6-16-5-3-8-18-15-16/h3,5,8,15H,1-2,4,6-7,9-14,17H2. The minimum Gasteiger partial charge on any atom is -0.330 e. The van der Waals surface area contributed by atoms with E-state index in [9.17, 15) is 0 Å². The lowest BCUT2D eigenvalue weighted by Gasteiger charge is -2.21. The Morgan fingerprint density at radius 2 is 1.85 bits per heavy atom. The van der Waals surface area contributed by atoms with Crippen LogP contribution in [0.5, 0.6) is 0 Å². The van der Waals surface area contributed by atoms with Crippen LogP contribution < -0.4 is 5.73 Å². The van der Waals surface area contributed by atoms with Gasteiger partial charge in [-0.1, -0.05) is 6.07 Å². The molecule has 1 saturated heterocycles. The molecule has 2 heterocycles. The molecule has 20 heavy (non-hydrogen) atoms. The molecular weight excluding hydrogens is 248 g/mol. The van der Waals surface area contributed by atoms with Crippen LogP contribution in [0.15, 0.2) is 24.5 Å². The molecule has 0 amide bonds. The fourth-order valence-electron chi connectivity index (χ4n) is 2.78. The Morgan fingerprint density at radius 1 is 1.05 bits per heavy atom. The van der Waals surface area contributed by atoms with Gasteiger partial charge in [0.25, 0.3) is 0 Å². The summed E-state index contributed by atoms with van der Waals surface area (Å²) in [6.45, 7) is 8.07. The third kappa shape index (κ3) is 5.57. The van der Waals surface area contributed by atoms with E-state index in [4.69, 9.17) is 5.73 Å². The van der Waals surface area contributed by atoms with Gasteiger partial charge in [0.05, 0.1) is 0 Å². The van der Waals surface area contributed by atoms with Crippen molar-refractivity contribution < 1.29 is 0 Å². The number of unbranched alkanes of at least 4 members (excludes halogenated alkanes) is 1. The maximum absolute atomic E-state index is 5.56. The summed E-state index contributed by atoms with van der Waals surface area (Å²) in [5.74, 6) is 0. The van der Waals surface area contributed by atoms with Crippen LogP contribution in [-0.2, 0) is 6.42 Å². The van der Waals surface area contributed by atoms with Gasteiger partial charge in [-0.2, -0.15) is 0 Å². The molecule has 2 rings (SSSR count). The van der Waals surface area contributed by atoms with Crippen LogP contribution in [0.3, 0.4) is 0 Å². The smallest absolute Gasteiger partial charge is 0.0300 e. The SMILES string of the molecule is NCCCCN1CCCN(CCc2cccnc2)CC1. The maximum atomic E-state index is 5.56. The fourth-order valence-corrected chi connectivity index (χ4v) is 2.78. The van der Waals surface area contributed by atoms with Crippen molar-refractivity contribution in [3.63, 3.8) is 0 Å². The number of pyridine rings is 1. The summed E-state index contributed by atoms with van der Waals surface area (Å²) in [4.78, 5) is 9.37. The molecule has 0 radical (unpaired) electrons. The molecule has 0 spiro atoms. The van der Waals surface area contributed by atoms with Crippen molar-refractivity contribution in [1.82, 2.24) is 14.8 Å². The van der Waals surface area contributed by atoms with E-state index in [1.165, 1.54) is 51.1 Å². The molecule has 112 valence electrons. The van der Waals surface area contributed by atoms with Gasteiger partial charge >= 0.3 is 0 Å². The zero-order valence-corrected chi connectivity index (χ0v) is 12.5. The van der Waals surface area contributed by atoms with Crippen molar-refractivity contribution >= 4 is 0 Å². The number of nitrogens with zero attached hydrogens (tertiary/aromatic N) is 3. The predicted molar refractivity (Wildman–Crippen MR) is 83.7 cm³/mol. The van der Waals surface area contributed by atoms with Crippen LogP contribution in [0, 0.1) is 0 Å². The number of hydrogen-bond acceptors (Lipinski definition) is 4. The van der Waals surface area contributed by atoms with Crippen LogP contribution in [0.2, 0.25) is 0 Å². The summed E-state index contributed by atoms with van der Waals surface area (Å²) in [6, 6.07) is 4.20. The van der Waals surface area contributed by atoms with E-state index in [1.807, 2.05) is 18.5 Å². The molecule has 1 aliphatic heterocycles. The molecule has 0 aliphatic carbocycles. The van der Waals surface area contributed by atoms with Crippen LogP contribution in [0.1, 0.15) is 24.8 Å².